The predicted octanol–water partition coefficient (Wildman–Crippen LogP) is 3.00. The Balaban J connectivity index is 1.30. The largest absolute Gasteiger partial charge is 0.370 e. The SMILES string of the molecule is O=C(c1cc2c(s1)CCOC21CCNCC1)N1CCC(Cc2cccnc2)C1. The number of ether oxygens (including phenoxy) is 1. The maximum absolute atomic E-state index is 13.2. The summed E-state index contributed by atoms with van der Waals surface area (Å²) in [4.78, 5) is 21.7. The summed E-state index contributed by atoms with van der Waals surface area (Å²) >= 11 is 1.70. The van der Waals surface area contributed by atoms with Crippen molar-refractivity contribution in [3.05, 3.63) is 51.5 Å². The summed E-state index contributed by atoms with van der Waals surface area (Å²) in [6, 6.07) is 6.27. The Labute approximate surface area is 170 Å². The third kappa shape index (κ3) is 3.38. The van der Waals surface area contributed by atoms with Crippen molar-refractivity contribution in [2.75, 3.05) is 32.8 Å². The van der Waals surface area contributed by atoms with E-state index in [2.05, 4.69) is 22.4 Å². The molecule has 0 aromatic carbocycles. The number of rotatable bonds is 3. The summed E-state index contributed by atoms with van der Waals surface area (Å²) < 4.78 is 6.27. The molecule has 2 aromatic rings. The average molecular weight is 398 g/mol. The summed E-state index contributed by atoms with van der Waals surface area (Å²) in [5, 5.41) is 3.43. The number of nitrogens with zero attached hydrogens (tertiary/aromatic N) is 2. The summed E-state index contributed by atoms with van der Waals surface area (Å²) in [6.07, 6.45) is 8.77. The van der Waals surface area contributed by atoms with Gasteiger partial charge in [0.1, 0.15) is 0 Å². The summed E-state index contributed by atoms with van der Waals surface area (Å²) in [7, 11) is 0. The molecule has 0 bridgehead atoms. The molecule has 1 amide bonds. The summed E-state index contributed by atoms with van der Waals surface area (Å²) in [5.74, 6) is 0.735. The van der Waals surface area contributed by atoms with Crippen molar-refractivity contribution < 1.29 is 9.53 Å². The third-order valence-electron chi connectivity index (χ3n) is 6.45. The second-order valence-electron chi connectivity index (χ2n) is 8.26. The van der Waals surface area contributed by atoms with E-state index < -0.39 is 0 Å². The van der Waals surface area contributed by atoms with Crippen LogP contribution in [0.15, 0.2) is 30.6 Å². The fourth-order valence-corrected chi connectivity index (χ4v) is 6.16. The Morgan fingerprint density at radius 3 is 3.11 bits per heavy atom. The highest BCUT2D eigenvalue weighted by Gasteiger charge is 2.41. The molecule has 3 aliphatic heterocycles. The maximum Gasteiger partial charge on any atom is 0.263 e. The fraction of sp³-hybridized carbons (Fsp3) is 0.545. The molecular weight excluding hydrogens is 370 g/mol. The molecule has 1 atom stereocenters. The standard InChI is InChI=1S/C22H27N3O2S/c26-21(25-10-3-17(15-25)12-16-2-1-7-24-14-16)20-13-18-19(28-20)4-11-27-22(18)5-8-23-9-6-22/h1-2,7,13-14,17,23H,3-6,8-12,15H2. The van der Waals surface area contributed by atoms with Crippen LogP contribution in [0.4, 0.5) is 0 Å². The molecule has 1 N–H and O–H groups in total. The molecular formula is C22H27N3O2S. The van der Waals surface area contributed by atoms with Crippen molar-refractivity contribution >= 4 is 17.2 Å². The topological polar surface area (TPSA) is 54.5 Å². The van der Waals surface area contributed by atoms with Crippen LogP contribution in [-0.4, -0.2) is 48.6 Å². The number of carbonyl (C=O) groups is 1. The van der Waals surface area contributed by atoms with E-state index >= 15 is 0 Å². The minimum atomic E-state index is -0.165. The van der Waals surface area contributed by atoms with Gasteiger partial charge in [-0.15, -0.1) is 11.3 Å². The van der Waals surface area contributed by atoms with Crippen molar-refractivity contribution in [2.24, 2.45) is 5.92 Å². The van der Waals surface area contributed by atoms with Crippen LogP contribution in [0.5, 0.6) is 0 Å². The van der Waals surface area contributed by atoms with Gasteiger partial charge >= 0.3 is 0 Å². The molecule has 0 saturated carbocycles. The van der Waals surface area contributed by atoms with Crippen LogP contribution in [0.2, 0.25) is 0 Å². The normalized spacial score (nSPS) is 23.7. The van der Waals surface area contributed by atoms with Crippen molar-refractivity contribution in [3.63, 3.8) is 0 Å². The van der Waals surface area contributed by atoms with Gasteiger partial charge in [0.05, 0.1) is 17.1 Å². The van der Waals surface area contributed by atoms with Crippen molar-refractivity contribution in [1.82, 2.24) is 15.2 Å². The van der Waals surface area contributed by atoms with Crippen molar-refractivity contribution in [1.29, 1.82) is 0 Å². The van der Waals surface area contributed by atoms with Gasteiger partial charge in [-0.25, -0.2) is 0 Å². The number of aromatic nitrogens is 1. The van der Waals surface area contributed by atoms with Gasteiger partial charge in [0.25, 0.3) is 5.91 Å². The van der Waals surface area contributed by atoms with E-state index in [1.807, 2.05) is 23.4 Å². The summed E-state index contributed by atoms with van der Waals surface area (Å²) in [6.45, 7) is 4.46. The number of fused-ring (bicyclic) bond motifs is 2. The van der Waals surface area contributed by atoms with E-state index in [1.165, 1.54) is 16.0 Å². The van der Waals surface area contributed by atoms with E-state index in [-0.39, 0.29) is 11.5 Å². The van der Waals surface area contributed by atoms with Crippen LogP contribution >= 0.6 is 11.3 Å². The first-order valence-electron chi connectivity index (χ1n) is 10.4. The molecule has 2 fully saturated rings. The molecule has 1 unspecified atom stereocenters. The van der Waals surface area contributed by atoms with E-state index in [0.717, 1.165) is 69.8 Å². The molecule has 3 aliphatic rings. The number of piperidine rings is 1. The molecule has 5 rings (SSSR count). The Bertz CT molecular complexity index is 845. The minimum absolute atomic E-state index is 0.165. The van der Waals surface area contributed by atoms with Crippen LogP contribution in [0, 0.1) is 5.92 Å². The molecule has 0 aliphatic carbocycles. The molecule has 5 nitrogen and oxygen atoms in total. The number of nitrogens with one attached hydrogen (secondary N) is 1. The van der Waals surface area contributed by atoms with E-state index in [0.29, 0.717) is 5.92 Å². The van der Waals surface area contributed by atoms with Gasteiger partial charge in [0.15, 0.2) is 0 Å². The molecule has 5 heterocycles. The van der Waals surface area contributed by atoms with E-state index in [9.17, 15) is 4.79 Å². The number of pyridine rings is 1. The number of hydrogen-bond donors (Lipinski definition) is 1. The van der Waals surface area contributed by atoms with E-state index in [1.54, 1.807) is 11.3 Å². The number of thiophene rings is 1. The molecule has 2 saturated heterocycles. The molecule has 2 aromatic heterocycles. The lowest BCUT2D eigenvalue weighted by molar-refractivity contribution is -0.0792. The second kappa shape index (κ2) is 7.58. The van der Waals surface area contributed by atoms with Gasteiger partial charge in [-0.2, -0.15) is 0 Å². The van der Waals surface area contributed by atoms with Crippen molar-refractivity contribution in [3.8, 4) is 0 Å². The van der Waals surface area contributed by atoms with Crippen LogP contribution in [0.3, 0.4) is 0 Å². The first-order valence-corrected chi connectivity index (χ1v) is 11.2. The van der Waals surface area contributed by atoms with Crippen LogP contribution in [0.1, 0.15) is 44.9 Å². The van der Waals surface area contributed by atoms with Gasteiger partial charge in [0, 0.05) is 36.8 Å². The first-order chi connectivity index (χ1) is 13.7. The zero-order valence-electron chi connectivity index (χ0n) is 16.2. The quantitative estimate of drug-likeness (QED) is 0.865. The molecule has 0 radical (unpaired) electrons. The maximum atomic E-state index is 13.2. The molecule has 6 heteroatoms. The Hall–Kier alpha value is -1.76. The zero-order valence-corrected chi connectivity index (χ0v) is 17.0. The Morgan fingerprint density at radius 1 is 1.39 bits per heavy atom. The number of likely N-dealkylation sites (tertiary alicyclic amines) is 1. The second-order valence-corrected chi connectivity index (χ2v) is 9.40. The van der Waals surface area contributed by atoms with Gasteiger partial charge < -0.3 is 15.0 Å². The van der Waals surface area contributed by atoms with Gasteiger partial charge in [-0.3, -0.25) is 9.78 Å². The van der Waals surface area contributed by atoms with Crippen LogP contribution < -0.4 is 5.32 Å². The third-order valence-corrected chi connectivity index (χ3v) is 7.63. The zero-order chi connectivity index (χ0) is 19.0. The predicted molar refractivity (Wildman–Crippen MR) is 110 cm³/mol. The highest BCUT2D eigenvalue weighted by Crippen LogP contribution is 2.43. The first kappa shape index (κ1) is 18.3. The van der Waals surface area contributed by atoms with Crippen molar-refractivity contribution in [2.45, 2.75) is 37.7 Å². The average Bonchev–Trinajstić information content (AvgIpc) is 3.37. The highest BCUT2D eigenvalue weighted by molar-refractivity contribution is 7.14. The number of amides is 1. The Kier molecular flexibility index (Phi) is 4.95. The number of hydrogen-bond acceptors (Lipinski definition) is 5. The van der Waals surface area contributed by atoms with Crippen LogP contribution in [0.25, 0.3) is 0 Å². The monoisotopic (exact) mass is 397 g/mol. The molecule has 1 spiro atoms. The molecule has 148 valence electrons. The fourth-order valence-electron chi connectivity index (χ4n) is 4.96. The highest BCUT2D eigenvalue weighted by atomic mass is 32.1. The van der Waals surface area contributed by atoms with Crippen LogP contribution in [-0.2, 0) is 23.2 Å². The van der Waals surface area contributed by atoms with Gasteiger partial charge in [0.2, 0.25) is 0 Å². The lowest BCUT2D eigenvalue weighted by Crippen LogP contribution is -2.44. The smallest absolute Gasteiger partial charge is 0.263 e. The van der Waals surface area contributed by atoms with E-state index in [4.69, 9.17) is 4.74 Å². The molecule has 28 heavy (non-hydrogen) atoms. The van der Waals surface area contributed by atoms with Gasteiger partial charge in [-0.05, 0) is 68.0 Å². The van der Waals surface area contributed by atoms with Gasteiger partial charge in [-0.1, -0.05) is 6.07 Å². The lowest BCUT2D eigenvalue weighted by atomic mass is 9.83. The lowest BCUT2D eigenvalue weighted by Gasteiger charge is -2.40. The number of carbonyl (C=O) groups excluding carboxylic acids is 1. The summed E-state index contributed by atoms with van der Waals surface area (Å²) in [5.41, 5.74) is 2.39. The minimum Gasteiger partial charge on any atom is -0.370 e. The Morgan fingerprint density at radius 2 is 2.29 bits per heavy atom.